The lowest BCUT2D eigenvalue weighted by Gasteiger charge is -2.11. The van der Waals surface area contributed by atoms with Crippen molar-refractivity contribution in [1.82, 2.24) is 4.98 Å². The molecular weight excluding hydrogens is 387 g/mol. The van der Waals surface area contributed by atoms with Gasteiger partial charge in [-0.3, -0.25) is 4.72 Å². The van der Waals surface area contributed by atoms with E-state index < -0.39 is 16.0 Å². The monoisotopic (exact) mass is 396 g/mol. The lowest BCUT2D eigenvalue weighted by Crippen LogP contribution is -2.15. The van der Waals surface area contributed by atoms with Crippen molar-refractivity contribution in [1.29, 1.82) is 0 Å². The topological polar surface area (TPSA) is 94.6 Å². The predicted molar refractivity (Wildman–Crippen MR) is 87.3 cm³/mol. The number of thiophene rings is 1. The van der Waals surface area contributed by atoms with Gasteiger partial charge in [-0.05, 0) is 6.07 Å². The second kappa shape index (κ2) is 6.91. The first kappa shape index (κ1) is 17.8. The van der Waals surface area contributed by atoms with Crippen LogP contribution in [0.5, 0.6) is 5.75 Å². The van der Waals surface area contributed by atoms with Gasteiger partial charge in [0.15, 0.2) is 11.6 Å². The number of anilines is 1. The van der Waals surface area contributed by atoms with Crippen molar-refractivity contribution in [3.8, 4) is 5.75 Å². The van der Waals surface area contributed by atoms with Crippen LogP contribution in [0, 0.1) is 0 Å². The van der Waals surface area contributed by atoms with Gasteiger partial charge in [-0.2, -0.15) is 0 Å². The Labute approximate surface area is 146 Å². The molecular formula is C12H10Cl2N2O5S2. The quantitative estimate of drug-likeness (QED) is 0.780. The lowest BCUT2D eigenvalue weighted by atomic mass is 10.3. The minimum absolute atomic E-state index is 0.0210. The van der Waals surface area contributed by atoms with Gasteiger partial charge in [0.1, 0.15) is 9.23 Å². The molecule has 0 aliphatic rings. The molecule has 0 bridgehead atoms. The Balaban J connectivity index is 2.39. The number of carbonyl (C=O) groups is 1. The Morgan fingerprint density at radius 3 is 2.52 bits per heavy atom. The normalized spacial score (nSPS) is 11.1. The number of nitrogens with zero attached hydrogens (tertiary/aromatic N) is 1. The van der Waals surface area contributed by atoms with Gasteiger partial charge in [-0.1, -0.05) is 23.2 Å². The number of methoxy groups -OCH3 is 2. The molecule has 23 heavy (non-hydrogen) atoms. The van der Waals surface area contributed by atoms with Crippen molar-refractivity contribution >= 4 is 56.3 Å². The molecule has 0 amide bonds. The van der Waals surface area contributed by atoms with E-state index in [1.54, 1.807) is 0 Å². The standard InChI is InChI=1S/C12H10Cl2N2O5S2/c1-20-7-3-6(12(17)21-2)5-15-11(7)16-23(18,19)8-4-9(13)22-10(8)14/h3-5H,1-2H3,(H,15,16). The number of rotatable bonds is 5. The fraction of sp³-hybridized carbons (Fsp3) is 0.167. The average Bonchev–Trinajstić information content (AvgIpc) is 2.86. The summed E-state index contributed by atoms with van der Waals surface area (Å²) in [5.41, 5.74) is 0.115. The summed E-state index contributed by atoms with van der Waals surface area (Å²) in [6, 6.07) is 2.53. The van der Waals surface area contributed by atoms with Crippen molar-refractivity contribution in [3.05, 3.63) is 32.6 Å². The van der Waals surface area contributed by atoms with E-state index >= 15 is 0 Å². The van der Waals surface area contributed by atoms with Crippen LogP contribution < -0.4 is 9.46 Å². The summed E-state index contributed by atoms with van der Waals surface area (Å²) in [6.45, 7) is 0. The third-order valence-electron chi connectivity index (χ3n) is 2.64. The number of halogens is 2. The molecule has 2 aromatic rings. The number of esters is 1. The van der Waals surface area contributed by atoms with Crippen LogP contribution in [-0.4, -0.2) is 33.6 Å². The SMILES string of the molecule is COC(=O)c1cnc(NS(=O)(=O)c2cc(Cl)sc2Cl)c(OC)c1. The highest BCUT2D eigenvalue weighted by atomic mass is 35.5. The zero-order valence-electron chi connectivity index (χ0n) is 11.8. The smallest absolute Gasteiger partial charge is 0.339 e. The van der Waals surface area contributed by atoms with E-state index in [-0.39, 0.29) is 30.7 Å². The molecule has 0 spiro atoms. The third kappa shape index (κ3) is 3.86. The van der Waals surface area contributed by atoms with E-state index in [2.05, 4.69) is 14.4 Å². The van der Waals surface area contributed by atoms with E-state index in [9.17, 15) is 13.2 Å². The maximum Gasteiger partial charge on any atom is 0.339 e. The summed E-state index contributed by atoms with van der Waals surface area (Å²) < 4.78 is 36.8. The second-order valence-electron chi connectivity index (χ2n) is 4.06. The number of hydrogen-bond acceptors (Lipinski definition) is 7. The summed E-state index contributed by atoms with van der Waals surface area (Å²) in [7, 11) is -1.48. The highest BCUT2D eigenvalue weighted by Crippen LogP contribution is 2.35. The molecule has 0 aromatic carbocycles. The van der Waals surface area contributed by atoms with Crippen molar-refractivity contribution in [2.75, 3.05) is 18.9 Å². The predicted octanol–water partition coefficient (Wildman–Crippen LogP) is 3.05. The Kier molecular flexibility index (Phi) is 5.35. The second-order valence-corrected chi connectivity index (χ2v) is 8.00. The maximum absolute atomic E-state index is 12.3. The van der Waals surface area contributed by atoms with Gasteiger partial charge in [-0.15, -0.1) is 11.3 Å². The van der Waals surface area contributed by atoms with Crippen LogP contribution in [0.15, 0.2) is 23.2 Å². The highest BCUT2D eigenvalue weighted by molar-refractivity contribution is 7.93. The molecule has 124 valence electrons. The average molecular weight is 397 g/mol. The van der Waals surface area contributed by atoms with Crippen LogP contribution in [0.3, 0.4) is 0 Å². The summed E-state index contributed by atoms with van der Waals surface area (Å²) in [5, 5.41) is 0. The molecule has 0 aliphatic heterocycles. The molecule has 0 saturated heterocycles. The summed E-state index contributed by atoms with van der Waals surface area (Å²) in [4.78, 5) is 15.2. The maximum atomic E-state index is 12.3. The molecule has 0 radical (unpaired) electrons. The van der Waals surface area contributed by atoms with Crippen LogP contribution in [0.2, 0.25) is 8.67 Å². The van der Waals surface area contributed by atoms with Gasteiger partial charge in [0, 0.05) is 12.3 Å². The zero-order valence-corrected chi connectivity index (χ0v) is 14.9. The first-order valence-electron chi connectivity index (χ1n) is 5.88. The molecule has 2 aromatic heterocycles. The number of pyridine rings is 1. The minimum Gasteiger partial charge on any atom is -0.493 e. The van der Waals surface area contributed by atoms with Gasteiger partial charge < -0.3 is 9.47 Å². The van der Waals surface area contributed by atoms with Gasteiger partial charge in [-0.25, -0.2) is 18.2 Å². The Morgan fingerprint density at radius 2 is 2.00 bits per heavy atom. The van der Waals surface area contributed by atoms with Crippen molar-refractivity contribution < 1.29 is 22.7 Å². The number of aromatic nitrogens is 1. The number of nitrogens with one attached hydrogen (secondary N) is 1. The van der Waals surface area contributed by atoms with Gasteiger partial charge >= 0.3 is 5.97 Å². The highest BCUT2D eigenvalue weighted by Gasteiger charge is 2.23. The molecule has 0 aliphatic carbocycles. The molecule has 0 fully saturated rings. The number of sulfonamides is 1. The van der Waals surface area contributed by atoms with Crippen LogP contribution in [-0.2, 0) is 14.8 Å². The molecule has 2 rings (SSSR count). The van der Waals surface area contributed by atoms with E-state index in [0.717, 1.165) is 17.5 Å². The number of ether oxygens (including phenoxy) is 2. The molecule has 11 heteroatoms. The van der Waals surface area contributed by atoms with Gasteiger partial charge in [0.25, 0.3) is 10.0 Å². The van der Waals surface area contributed by atoms with Crippen LogP contribution in [0.4, 0.5) is 5.82 Å². The summed E-state index contributed by atoms with van der Waals surface area (Å²) in [5.74, 6) is -0.676. The van der Waals surface area contributed by atoms with E-state index in [1.807, 2.05) is 0 Å². The molecule has 7 nitrogen and oxygen atoms in total. The number of carbonyl (C=O) groups excluding carboxylic acids is 1. The van der Waals surface area contributed by atoms with Crippen LogP contribution >= 0.6 is 34.5 Å². The van der Waals surface area contributed by atoms with Crippen LogP contribution in [0.1, 0.15) is 10.4 Å². The van der Waals surface area contributed by atoms with Crippen molar-refractivity contribution in [2.45, 2.75) is 4.90 Å². The first-order chi connectivity index (χ1) is 10.8. The zero-order chi connectivity index (χ0) is 17.2. The Morgan fingerprint density at radius 1 is 1.30 bits per heavy atom. The Hall–Kier alpha value is -1.55. The summed E-state index contributed by atoms with van der Waals surface area (Å²) in [6.07, 6.45) is 1.16. The fourth-order valence-corrected chi connectivity index (χ4v) is 4.77. The third-order valence-corrected chi connectivity index (χ3v) is 5.73. The van der Waals surface area contributed by atoms with Gasteiger partial charge in [0.05, 0.1) is 24.1 Å². The molecule has 0 saturated carbocycles. The molecule has 0 unspecified atom stereocenters. The van der Waals surface area contributed by atoms with Crippen molar-refractivity contribution in [2.24, 2.45) is 0 Å². The minimum atomic E-state index is -4.01. The van der Waals surface area contributed by atoms with E-state index in [0.29, 0.717) is 0 Å². The molecule has 1 N–H and O–H groups in total. The largest absolute Gasteiger partial charge is 0.493 e. The Bertz CT molecular complexity index is 851. The van der Waals surface area contributed by atoms with Gasteiger partial charge in [0.2, 0.25) is 0 Å². The van der Waals surface area contributed by atoms with Crippen LogP contribution in [0.25, 0.3) is 0 Å². The number of hydrogen-bond donors (Lipinski definition) is 1. The molecule has 0 atom stereocenters. The van der Waals surface area contributed by atoms with E-state index in [1.165, 1.54) is 26.4 Å². The summed E-state index contributed by atoms with van der Waals surface area (Å²) >= 11 is 12.5. The first-order valence-corrected chi connectivity index (χ1v) is 8.94. The van der Waals surface area contributed by atoms with E-state index in [4.69, 9.17) is 27.9 Å². The fourth-order valence-electron chi connectivity index (χ4n) is 1.60. The molecule has 2 heterocycles. The lowest BCUT2D eigenvalue weighted by molar-refractivity contribution is 0.0600. The van der Waals surface area contributed by atoms with Crippen molar-refractivity contribution in [3.63, 3.8) is 0 Å².